The molecule has 3 heterocycles. The van der Waals surface area contributed by atoms with E-state index in [0.29, 0.717) is 19.0 Å². The molecule has 0 aromatic carbocycles. The van der Waals surface area contributed by atoms with E-state index in [4.69, 9.17) is 0 Å². The molecule has 5 heteroatoms. The van der Waals surface area contributed by atoms with E-state index in [1.807, 2.05) is 17.9 Å². The number of aryl methyl sites for hydroxylation is 1. The molecule has 0 radical (unpaired) electrons. The van der Waals surface area contributed by atoms with Crippen molar-refractivity contribution in [2.24, 2.45) is 11.3 Å². The van der Waals surface area contributed by atoms with Crippen molar-refractivity contribution in [2.45, 2.75) is 59.4 Å². The molecule has 1 unspecified atom stereocenters. The first-order valence-corrected chi connectivity index (χ1v) is 10.2. The predicted octanol–water partition coefficient (Wildman–Crippen LogP) is 2.99. The van der Waals surface area contributed by atoms with Crippen LogP contribution < -0.4 is 0 Å². The zero-order valence-corrected chi connectivity index (χ0v) is 16.4. The number of rotatable bonds is 4. The summed E-state index contributed by atoms with van der Waals surface area (Å²) in [7, 11) is 0. The number of nitrogens with zero attached hydrogens (tertiary/aromatic N) is 3. The summed E-state index contributed by atoms with van der Waals surface area (Å²) in [5, 5.41) is 0. The number of likely N-dealkylation sites (tertiary alicyclic amines) is 2. The molecule has 3 aliphatic rings. The Hall–Kier alpha value is -1.78. The molecule has 4 rings (SSSR count). The molecule has 1 aliphatic carbocycles. The van der Waals surface area contributed by atoms with Crippen molar-refractivity contribution < 1.29 is 9.59 Å². The molecule has 0 N–H and O–H groups in total. The number of carbonyl (C=O) groups is 2. The number of hydrogen-bond acceptors (Lipinski definition) is 2. The van der Waals surface area contributed by atoms with E-state index in [0.717, 1.165) is 61.8 Å². The van der Waals surface area contributed by atoms with Gasteiger partial charge >= 0.3 is 0 Å². The van der Waals surface area contributed by atoms with E-state index in [1.54, 1.807) is 0 Å². The van der Waals surface area contributed by atoms with Crippen LogP contribution in [0, 0.1) is 25.2 Å². The van der Waals surface area contributed by atoms with E-state index >= 15 is 0 Å². The van der Waals surface area contributed by atoms with Gasteiger partial charge in [0.2, 0.25) is 5.91 Å². The molecule has 0 bridgehead atoms. The number of piperidine rings is 1. The fourth-order valence-corrected chi connectivity index (χ4v) is 5.04. The molecule has 26 heavy (non-hydrogen) atoms. The molecule has 1 atom stereocenters. The van der Waals surface area contributed by atoms with Gasteiger partial charge in [-0.1, -0.05) is 0 Å². The van der Waals surface area contributed by atoms with Gasteiger partial charge in [-0.25, -0.2) is 0 Å². The topological polar surface area (TPSA) is 45.6 Å². The highest BCUT2D eigenvalue weighted by Crippen LogP contribution is 2.42. The van der Waals surface area contributed by atoms with E-state index in [2.05, 4.69) is 23.3 Å². The van der Waals surface area contributed by atoms with E-state index in [9.17, 15) is 9.59 Å². The van der Waals surface area contributed by atoms with Crippen molar-refractivity contribution in [1.82, 2.24) is 14.4 Å². The quantitative estimate of drug-likeness (QED) is 0.832. The van der Waals surface area contributed by atoms with Gasteiger partial charge in [0.05, 0.1) is 11.0 Å². The average Bonchev–Trinajstić information content (AvgIpc) is 3.26. The summed E-state index contributed by atoms with van der Waals surface area (Å²) < 4.78 is 2.18. The Kier molecular flexibility index (Phi) is 4.36. The smallest absolute Gasteiger partial charge is 0.255 e. The molecule has 1 saturated carbocycles. The third-order valence-corrected chi connectivity index (χ3v) is 6.76. The summed E-state index contributed by atoms with van der Waals surface area (Å²) in [6.07, 6.45) is 5.38. The second kappa shape index (κ2) is 6.43. The second-order valence-corrected chi connectivity index (χ2v) is 8.58. The van der Waals surface area contributed by atoms with Gasteiger partial charge in [0.15, 0.2) is 0 Å². The summed E-state index contributed by atoms with van der Waals surface area (Å²) in [5.74, 6) is 1.14. The van der Waals surface area contributed by atoms with Crippen molar-refractivity contribution in [3.05, 3.63) is 23.0 Å². The Labute approximate surface area is 156 Å². The Morgan fingerprint density at radius 3 is 2.65 bits per heavy atom. The van der Waals surface area contributed by atoms with Crippen LogP contribution in [0.4, 0.5) is 0 Å². The first kappa shape index (κ1) is 17.6. The SMILES string of the molecule is CCn1c(C)cc(C(=O)N2CCC3(CCCN(CC4CC4)C3=O)C2)c1C. The van der Waals surface area contributed by atoms with Crippen molar-refractivity contribution in [1.29, 1.82) is 0 Å². The molecule has 1 aromatic rings. The third-order valence-electron chi connectivity index (χ3n) is 6.76. The molecular weight excluding hydrogens is 326 g/mol. The summed E-state index contributed by atoms with van der Waals surface area (Å²) in [6, 6.07) is 2.01. The molecule has 1 spiro atoms. The van der Waals surface area contributed by atoms with Crippen LogP contribution in [0.15, 0.2) is 6.07 Å². The predicted molar refractivity (Wildman–Crippen MR) is 101 cm³/mol. The second-order valence-electron chi connectivity index (χ2n) is 8.58. The third kappa shape index (κ3) is 2.85. The Balaban J connectivity index is 1.50. The molecular formula is C21H31N3O2. The van der Waals surface area contributed by atoms with Crippen molar-refractivity contribution in [3.8, 4) is 0 Å². The van der Waals surface area contributed by atoms with Crippen LogP contribution in [0.3, 0.4) is 0 Å². The van der Waals surface area contributed by atoms with Crippen LogP contribution in [0.25, 0.3) is 0 Å². The van der Waals surface area contributed by atoms with Crippen molar-refractivity contribution in [3.63, 3.8) is 0 Å². The Bertz CT molecular complexity index is 734. The summed E-state index contributed by atoms with van der Waals surface area (Å²) in [6.45, 7) is 10.2. The largest absolute Gasteiger partial charge is 0.349 e. The maximum absolute atomic E-state index is 13.2. The summed E-state index contributed by atoms with van der Waals surface area (Å²) in [5.41, 5.74) is 2.66. The van der Waals surface area contributed by atoms with Gasteiger partial charge in [-0.15, -0.1) is 0 Å². The Morgan fingerprint density at radius 2 is 2.00 bits per heavy atom. The van der Waals surface area contributed by atoms with Gasteiger partial charge in [0.1, 0.15) is 0 Å². The van der Waals surface area contributed by atoms with Crippen LogP contribution in [0.1, 0.15) is 60.8 Å². The van der Waals surface area contributed by atoms with Crippen LogP contribution in [-0.2, 0) is 11.3 Å². The maximum Gasteiger partial charge on any atom is 0.255 e. The maximum atomic E-state index is 13.2. The first-order valence-electron chi connectivity index (χ1n) is 10.2. The molecule has 1 aromatic heterocycles. The van der Waals surface area contributed by atoms with Crippen molar-refractivity contribution in [2.75, 3.05) is 26.2 Å². The van der Waals surface area contributed by atoms with E-state index in [-0.39, 0.29) is 11.3 Å². The van der Waals surface area contributed by atoms with Crippen LogP contribution in [-0.4, -0.2) is 52.4 Å². The summed E-state index contributed by atoms with van der Waals surface area (Å²) >= 11 is 0. The van der Waals surface area contributed by atoms with Crippen molar-refractivity contribution >= 4 is 11.8 Å². The fraction of sp³-hybridized carbons (Fsp3) is 0.714. The molecule has 5 nitrogen and oxygen atoms in total. The lowest BCUT2D eigenvalue weighted by molar-refractivity contribution is -0.145. The minimum atomic E-state index is -0.320. The van der Waals surface area contributed by atoms with Gasteiger partial charge in [-0.05, 0) is 64.9 Å². The molecule has 142 valence electrons. The van der Waals surface area contributed by atoms with Gasteiger partial charge in [-0.2, -0.15) is 0 Å². The number of amides is 2. The minimum absolute atomic E-state index is 0.0989. The highest BCUT2D eigenvalue weighted by atomic mass is 16.2. The number of hydrogen-bond donors (Lipinski definition) is 0. The molecule has 2 saturated heterocycles. The highest BCUT2D eigenvalue weighted by molar-refractivity contribution is 5.97. The fourth-order valence-electron chi connectivity index (χ4n) is 5.04. The van der Waals surface area contributed by atoms with Gasteiger partial charge in [0.25, 0.3) is 5.91 Å². The monoisotopic (exact) mass is 357 g/mol. The highest BCUT2D eigenvalue weighted by Gasteiger charge is 2.50. The number of aromatic nitrogens is 1. The van der Waals surface area contributed by atoms with Crippen LogP contribution in [0.5, 0.6) is 0 Å². The van der Waals surface area contributed by atoms with Gasteiger partial charge in [0, 0.05) is 44.1 Å². The average molecular weight is 357 g/mol. The molecule has 3 fully saturated rings. The minimum Gasteiger partial charge on any atom is -0.349 e. The van der Waals surface area contributed by atoms with Crippen LogP contribution in [0.2, 0.25) is 0 Å². The molecule has 2 aliphatic heterocycles. The standard InChI is InChI=1S/C21H31N3O2/c1-4-24-15(2)12-18(16(24)3)19(25)23-11-9-21(14-23)8-5-10-22(20(21)26)13-17-6-7-17/h12,17H,4-11,13-14H2,1-3H3. The van der Waals surface area contributed by atoms with Crippen LogP contribution >= 0.6 is 0 Å². The first-order chi connectivity index (χ1) is 12.4. The zero-order valence-electron chi connectivity index (χ0n) is 16.4. The van der Waals surface area contributed by atoms with Gasteiger partial charge < -0.3 is 14.4 Å². The lowest BCUT2D eigenvalue weighted by Crippen LogP contribution is -2.51. The Morgan fingerprint density at radius 1 is 1.23 bits per heavy atom. The number of carbonyl (C=O) groups excluding carboxylic acids is 2. The van der Waals surface area contributed by atoms with E-state index in [1.165, 1.54) is 12.8 Å². The lowest BCUT2D eigenvalue weighted by Gasteiger charge is -2.39. The van der Waals surface area contributed by atoms with Gasteiger partial charge in [-0.3, -0.25) is 9.59 Å². The molecule has 2 amide bonds. The lowest BCUT2D eigenvalue weighted by atomic mass is 9.78. The normalized spacial score (nSPS) is 26.2. The van der Waals surface area contributed by atoms with E-state index < -0.39 is 0 Å². The summed E-state index contributed by atoms with van der Waals surface area (Å²) in [4.78, 5) is 30.3. The zero-order chi connectivity index (χ0) is 18.5.